The number of nitrogens with one attached hydrogen (secondary N) is 1. The Bertz CT molecular complexity index is 1320. The fourth-order valence-electron chi connectivity index (χ4n) is 4.63. The van der Waals surface area contributed by atoms with Gasteiger partial charge in [-0.1, -0.05) is 6.42 Å². The predicted octanol–water partition coefficient (Wildman–Crippen LogP) is 4.61. The van der Waals surface area contributed by atoms with Crippen molar-refractivity contribution in [1.29, 1.82) is 0 Å². The minimum absolute atomic E-state index is 0.0274. The lowest BCUT2D eigenvalue weighted by Gasteiger charge is -2.42. The van der Waals surface area contributed by atoms with E-state index in [1.54, 1.807) is 23.9 Å². The molecule has 0 amide bonds. The first-order chi connectivity index (χ1) is 16.8. The first-order valence-corrected chi connectivity index (χ1v) is 12.2. The summed E-state index contributed by atoms with van der Waals surface area (Å²) < 4.78 is 43.7. The molecule has 184 valence electrons. The van der Waals surface area contributed by atoms with Crippen LogP contribution in [0.5, 0.6) is 0 Å². The summed E-state index contributed by atoms with van der Waals surface area (Å²) in [6.45, 7) is 2.39. The number of pyridine rings is 1. The number of nitrogens with zero attached hydrogens (tertiary/aromatic N) is 6. The van der Waals surface area contributed by atoms with Crippen molar-refractivity contribution >= 4 is 23.0 Å². The van der Waals surface area contributed by atoms with Crippen LogP contribution in [-0.2, 0) is 18.4 Å². The SMILES string of the molecule is CN=C(C=CN)Nc1cc(-c2nc3c(s2)CCCn2c-3nnc2C2(C(F)(F)F)CCC2)c(C)cn1. The lowest BCUT2D eigenvalue weighted by atomic mass is 9.67. The summed E-state index contributed by atoms with van der Waals surface area (Å²) in [5.74, 6) is 1.58. The molecule has 12 heteroatoms. The molecular formula is C23H25F3N8S. The largest absolute Gasteiger partial charge is 0.404 e. The van der Waals surface area contributed by atoms with Gasteiger partial charge < -0.3 is 15.6 Å². The highest BCUT2D eigenvalue weighted by molar-refractivity contribution is 7.15. The first-order valence-electron chi connectivity index (χ1n) is 11.4. The Morgan fingerprint density at radius 3 is 2.74 bits per heavy atom. The van der Waals surface area contributed by atoms with Crippen molar-refractivity contribution in [2.45, 2.75) is 57.2 Å². The van der Waals surface area contributed by atoms with Crippen molar-refractivity contribution in [3.63, 3.8) is 0 Å². The molecule has 2 aliphatic rings. The molecule has 0 atom stereocenters. The molecule has 0 bridgehead atoms. The van der Waals surface area contributed by atoms with Crippen LogP contribution in [0.4, 0.5) is 19.0 Å². The molecule has 0 unspecified atom stereocenters. The number of halogens is 3. The van der Waals surface area contributed by atoms with Gasteiger partial charge in [0, 0.05) is 30.2 Å². The van der Waals surface area contributed by atoms with Crippen molar-refractivity contribution in [2.24, 2.45) is 10.7 Å². The van der Waals surface area contributed by atoms with E-state index < -0.39 is 11.6 Å². The quantitative estimate of drug-likeness (QED) is 0.398. The Hall–Kier alpha value is -3.28. The third kappa shape index (κ3) is 3.89. The second-order valence-corrected chi connectivity index (χ2v) is 9.89. The maximum Gasteiger partial charge on any atom is 0.401 e. The third-order valence-electron chi connectivity index (χ3n) is 6.71. The number of amidine groups is 1. The Kier molecular flexibility index (Phi) is 5.86. The molecule has 3 aromatic heterocycles. The number of thiazole rings is 1. The molecule has 0 spiro atoms. The fraction of sp³-hybridized carbons (Fsp3) is 0.435. The second-order valence-electron chi connectivity index (χ2n) is 8.80. The summed E-state index contributed by atoms with van der Waals surface area (Å²) >= 11 is 1.53. The normalized spacial score (nSPS) is 17.6. The van der Waals surface area contributed by atoms with E-state index in [4.69, 9.17) is 10.7 Å². The van der Waals surface area contributed by atoms with Crippen LogP contribution in [0.3, 0.4) is 0 Å². The van der Waals surface area contributed by atoms with E-state index in [1.807, 2.05) is 13.0 Å². The second kappa shape index (κ2) is 8.74. The molecule has 4 heterocycles. The highest BCUT2D eigenvalue weighted by atomic mass is 32.1. The summed E-state index contributed by atoms with van der Waals surface area (Å²) in [6.07, 6.45) is 2.48. The van der Waals surface area contributed by atoms with Crippen LogP contribution in [0, 0.1) is 6.92 Å². The number of nitrogens with two attached hydrogens (primary N) is 1. The zero-order valence-electron chi connectivity index (χ0n) is 19.4. The predicted molar refractivity (Wildman–Crippen MR) is 129 cm³/mol. The van der Waals surface area contributed by atoms with E-state index in [0.29, 0.717) is 42.6 Å². The molecule has 8 nitrogen and oxygen atoms in total. The number of aromatic nitrogens is 5. The number of aryl methyl sites for hydroxylation is 2. The topological polar surface area (TPSA) is 107 Å². The van der Waals surface area contributed by atoms with Gasteiger partial charge in [-0.2, -0.15) is 13.2 Å². The zero-order chi connectivity index (χ0) is 24.8. The molecule has 35 heavy (non-hydrogen) atoms. The summed E-state index contributed by atoms with van der Waals surface area (Å²) in [5.41, 5.74) is 5.99. The van der Waals surface area contributed by atoms with Crippen molar-refractivity contribution in [3.05, 3.63) is 40.8 Å². The van der Waals surface area contributed by atoms with Crippen molar-refractivity contribution in [2.75, 3.05) is 12.4 Å². The molecule has 1 fully saturated rings. The molecule has 0 radical (unpaired) electrons. The average Bonchev–Trinajstić information content (AvgIpc) is 3.34. The third-order valence-corrected chi connectivity index (χ3v) is 7.86. The van der Waals surface area contributed by atoms with Crippen LogP contribution in [0.1, 0.15) is 41.9 Å². The molecule has 3 aromatic rings. The van der Waals surface area contributed by atoms with Gasteiger partial charge in [-0.15, -0.1) is 21.5 Å². The Morgan fingerprint density at radius 2 is 2.09 bits per heavy atom. The van der Waals surface area contributed by atoms with Crippen molar-refractivity contribution < 1.29 is 13.2 Å². The molecular weight excluding hydrogens is 477 g/mol. The Balaban J connectivity index is 1.55. The number of alkyl halides is 3. The lowest BCUT2D eigenvalue weighted by Crippen LogP contribution is -2.49. The molecule has 5 rings (SSSR count). The molecule has 3 N–H and O–H groups in total. The minimum Gasteiger partial charge on any atom is -0.404 e. The first kappa shape index (κ1) is 23.5. The van der Waals surface area contributed by atoms with E-state index in [0.717, 1.165) is 27.4 Å². The Labute approximate surface area is 204 Å². The van der Waals surface area contributed by atoms with Crippen LogP contribution < -0.4 is 11.1 Å². The van der Waals surface area contributed by atoms with Gasteiger partial charge in [-0.05, 0) is 56.5 Å². The zero-order valence-corrected chi connectivity index (χ0v) is 20.2. The summed E-state index contributed by atoms with van der Waals surface area (Å²) in [5, 5.41) is 12.2. The lowest BCUT2D eigenvalue weighted by molar-refractivity contribution is -0.216. The van der Waals surface area contributed by atoms with Gasteiger partial charge >= 0.3 is 6.18 Å². The van der Waals surface area contributed by atoms with Crippen molar-refractivity contribution in [3.8, 4) is 22.1 Å². The summed E-state index contributed by atoms with van der Waals surface area (Å²) in [4.78, 5) is 14.4. The van der Waals surface area contributed by atoms with Crippen LogP contribution in [0.15, 0.2) is 29.5 Å². The highest BCUT2D eigenvalue weighted by Crippen LogP contribution is 2.54. The number of rotatable bonds is 4. The van der Waals surface area contributed by atoms with Crippen LogP contribution in [-0.4, -0.2) is 43.8 Å². The van der Waals surface area contributed by atoms with Crippen LogP contribution in [0.2, 0.25) is 0 Å². The van der Waals surface area contributed by atoms with E-state index >= 15 is 0 Å². The van der Waals surface area contributed by atoms with Crippen molar-refractivity contribution in [1.82, 2.24) is 24.7 Å². The monoisotopic (exact) mass is 502 g/mol. The maximum absolute atomic E-state index is 14.0. The molecule has 1 aliphatic carbocycles. The van der Waals surface area contributed by atoms with E-state index in [1.165, 1.54) is 17.5 Å². The van der Waals surface area contributed by atoms with Gasteiger partial charge in [-0.25, -0.2) is 9.97 Å². The van der Waals surface area contributed by atoms with Gasteiger partial charge in [0.25, 0.3) is 0 Å². The number of fused-ring (bicyclic) bond motifs is 3. The van der Waals surface area contributed by atoms with Gasteiger partial charge in [-0.3, -0.25) is 4.99 Å². The Morgan fingerprint density at radius 1 is 1.29 bits per heavy atom. The van der Waals surface area contributed by atoms with Crippen LogP contribution in [0.25, 0.3) is 22.1 Å². The number of hydrogen-bond acceptors (Lipinski definition) is 7. The van der Waals surface area contributed by atoms with Gasteiger partial charge in [0.15, 0.2) is 5.82 Å². The standard InChI is InChI=1S/C23H25F3N8S/c1-13-12-29-17(30-16(28-2)6-9-27)11-14(13)20-31-18-15(35-20)5-3-10-34-19(18)32-33-21(34)22(7-4-8-22)23(24,25)26/h6,9,11-12H,3-5,7-8,10,27H2,1-2H3,(H,28,29,30). The molecule has 1 aliphatic heterocycles. The van der Waals surface area contributed by atoms with E-state index in [2.05, 4.69) is 25.5 Å². The smallest absolute Gasteiger partial charge is 0.401 e. The van der Waals surface area contributed by atoms with Crippen LogP contribution >= 0.6 is 11.3 Å². The summed E-state index contributed by atoms with van der Waals surface area (Å²) in [7, 11) is 1.65. The van der Waals surface area contributed by atoms with E-state index in [-0.39, 0.29) is 18.7 Å². The average molecular weight is 503 g/mol. The number of anilines is 1. The molecule has 1 saturated carbocycles. The maximum atomic E-state index is 14.0. The molecule has 0 saturated heterocycles. The highest BCUT2D eigenvalue weighted by Gasteiger charge is 2.62. The van der Waals surface area contributed by atoms with Gasteiger partial charge in [0.1, 0.15) is 33.6 Å². The van der Waals surface area contributed by atoms with Gasteiger partial charge in [0.2, 0.25) is 0 Å². The van der Waals surface area contributed by atoms with Gasteiger partial charge in [0.05, 0.1) is 0 Å². The number of aliphatic imine (C=N–C) groups is 1. The van der Waals surface area contributed by atoms with E-state index in [9.17, 15) is 13.2 Å². The fourth-order valence-corrected chi connectivity index (χ4v) is 5.81. The number of hydrogen-bond donors (Lipinski definition) is 2. The summed E-state index contributed by atoms with van der Waals surface area (Å²) in [6, 6.07) is 1.88. The molecule has 0 aromatic carbocycles. The minimum atomic E-state index is -4.35.